The Morgan fingerprint density at radius 3 is 2.81 bits per heavy atom. The second kappa shape index (κ2) is 5.99. The van der Waals surface area contributed by atoms with E-state index in [4.69, 9.17) is 17.0 Å². The fourth-order valence-electron chi connectivity index (χ4n) is 2.18. The number of rotatable bonds is 4. The zero-order valence-electron chi connectivity index (χ0n) is 11.5. The molecule has 0 radical (unpaired) electrons. The maximum absolute atomic E-state index is 5.36. The van der Waals surface area contributed by atoms with Crippen molar-refractivity contribution < 1.29 is 4.74 Å². The predicted molar refractivity (Wildman–Crippen MR) is 82.7 cm³/mol. The van der Waals surface area contributed by atoms with Gasteiger partial charge < -0.3 is 4.74 Å². The van der Waals surface area contributed by atoms with Crippen LogP contribution in [0.1, 0.15) is 5.56 Å². The predicted octanol–water partition coefficient (Wildman–Crippen LogP) is 3.14. The molecule has 0 unspecified atom stereocenters. The van der Waals surface area contributed by atoms with Crippen LogP contribution in [0.25, 0.3) is 17.1 Å². The Bertz CT molecular complexity index is 795. The molecule has 0 aliphatic carbocycles. The lowest BCUT2D eigenvalue weighted by atomic mass is 10.2. The Hall–Kier alpha value is -2.31. The minimum absolute atomic E-state index is 0.552. The number of nitrogens with one attached hydrogen (secondary N) is 1. The first kappa shape index (κ1) is 13.7. The van der Waals surface area contributed by atoms with Crippen molar-refractivity contribution in [3.63, 3.8) is 0 Å². The van der Waals surface area contributed by atoms with E-state index in [9.17, 15) is 0 Å². The molecule has 0 aliphatic heterocycles. The molecular weight excluding hydrogens is 284 g/mol. The monoisotopic (exact) mass is 298 g/mol. The van der Waals surface area contributed by atoms with Gasteiger partial charge in [-0.2, -0.15) is 5.10 Å². The molecule has 2 aromatic heterocycles. The maximum atomic E-state index is 5.36. The third-order valence-electron chi connectivity index (χ3n) is 3.09. The topological polar surface area (TPSA) is 55.7 Å². The molecule has 0 aliphatic rings. The summed E-state index contributed by atoms with van der Waals surface area (Å²) in [6.07, 6.45) is 3.47. The minimum atomic E-state index is 0.552. The van der Waals surface area contributed by atoms with E-state index in [-0.39, 0.29) is 0 Å². The van der Waals surface area contributed by atoms with E-state index in [0.717, 1.165) is 22.6 Å². The molecule has 3 aromatic rings. The Morgan fingerprint density at radius 1 is 1.24 bits per heavy atom. The quantitative estimate of drug-likeness (QED) is 0.752. The summed E-state index contributed by atoms with van der Waals surface area (Å²) in [5.41, 5.74) is 2.99. The highest BCUT2D eigenvalue weighted by molar-refractivity contribution is 7.71. The molecule has 0 bridgehead atoms. The molecule has 0 spiro atoms. The number of ether oxygens (including phenoxy) is 1. The van der Waals surface area contributed by atoms with Crippen LogP contribution in [-0.2, 0) is 11.3 Å². The van der Waals surface area contributed by atoms with E-state index in [1.165, 1.54) is 0 Å². The molecule has 6 heteroatoms. The zero-order valence-corrected chi connectivity index (χ0v) is 12.3. The number of hydrogen-bond acceptors (Lipinski definition) is 4. The lowest BCUT2D eigenvalue weighted by Gasteiger charge is -2.08. The van der Waals surface area contributed by atoms with E-state index >= 15 is 0 Å². The number of aromatic nitrogens is 4. The summed E-state index contributed by atoms with van der Waals surface area (Å²) in [5, 5.41) is 7.17. The Morgan fingerprint density at radius 2 is 2.05 bits per heavy atom. The van der Waals surface area contributed by atoms with Crippen molar-refractivity contribution in [1.29, 1.82) is 0 Å². The number of nitrogens with zero attached hydrogens (tertiary/aromatic N) is 3. The van der Waals surface area contributed by atoms with Crippen LogP contribution in [0.2, 0.25) is 0 Å². The van der Waals surface area contributed by atoms with Gasteiger partial charge in [-0.1, -0.05) is 12.1 Å². The molecule has 0 saturated carbocycles. The van der Waals surface area contributed by atoms with Crippen molar-refractivity contribution in [3.8, 4) is 17.1 Å². The highest BCUT2D eigenvalue weighted by Crippen LogP contribution is 2.21. The molecule has 2 heterocycles. The lowest BCUT2D eigenvalue weighted by molar-refractivity contribution is 0.185. The number of aromatic amines is 1. The van der Waals surface area contributed by atoms with Crippen molar-refractivity contribution in [2.45, 2.75) is 6.61 Å². The van der Waals surface area contributed by atoms with Gasteiger partial charge in [0.25, 0.3) is 0 Å². The molecule has 1 N–H and O–H groups in total. The molecule has 0 atom stereocenters. The number of pyridine rings is 1. The molecular formula is C15H14N4OS. The van der Waals surface area contributed by atoms with Crippen LogP contribution < -0.4 is 0 Å². The van der Waals surface area contributed by atoms with Gasteiger partial charge in [0, 0.05) is 25.1 Å². The van der Waals surface area contributed by atoms with Crippen LogP contribution >= 0.6 is 12.2 Å². The zero-order chi connectivity index (χ0) is 14.7. The minimum Gasteiger partial charge on any atom is -0.380 e. The van der Waals surface area contributed by atoms with Crippen molar-refractivity contribution in [3.05, 3.63) is 59.1 Å². The summed E-state index contributed by atoms with van der Waals surface area (Å²) < 4.78 is 7.64. The summed E-state index contributed by atoms with van der Waals surface area (Å²) in [6.45, 7) is 0.559. The fourth-order valence-corrected chi connectivity index (χ4v) is 2.42. The lowest BCUT2D eigenvalue weighted by Crippen LogP contribution is -1.99. The van der Waals surface area contributed by atoms with E-state index in [2.05, 4.69) is 15.2 Å². The Labute approximate surface area is 127 Å². The molecule has 3 rings (SSSR count). The van der Waals surface area contributed by atoms with Crippen LogP contribution in [0.15, 0.2) is 48.8 Å². The molecule has 0 fully saturated rings. The molecule has 5 nitrogen and oxygen atoms in total. The molecule has 1 aromatic carbocycles. The van der Waals surface area contributed by atoms with Gasteiger partial charge in [-0.15, -0.1) is 0 Å². The van der Waals surface area contributed by atoms with Gasteiger partial charge in [-0.3, -0.25) is 14.6 Å². The van der Waals surface area contributed by atoms with Gasteiger partial charge in [-0.25, -0.2) is 0 Å². The summed E-state index contributed by atoms with van der Waals surface area (Å²) in [4.78, 5) is 4.03. The van der Waals surface area contributed by atoms with Crippen molar-refractivity contribution >= 4 is 12.2 Å². The Balaban J connectivity index is 2.13. The first-order chi connectivity index (χ1) is 10.3. The van der Waals surface area contributed by atoms with Crippen LogP contribution in [0.3, 0.4) is 0 Å². The van der Waals surface area contributed by atoms with Crippen LogP contribution in [0.4, 0.5) is 0 Å². The third-order valence-corrected chi connectivity index (χ3v) is 3.36. The smallest absolute Gasteiger partial charge is 0.200 e. The number of H-pyrrole nitrogens is 1. The Kier molecular flexibility index (Phi) is 3.89. The van der Waals surface area contributed by atoms with E-state index in [1.807, 2.05) is 41.0 Å². The summed E-state index contributed by atoms with van der Waals surface area (Å²) in [6, 6.07) is 11.8. The first-order valence-electron chi connectivity index (χ1n) is 6.45. The van der Waals surface area contributed by atoms with Gasteiger partial charge in [0.05, 0.1) is 12.3 Å². The first-order valence-corrected chi connectivity index (χ1v) is 6.86. The standard InChI is InChI=1S/C15H14N4OS/c1-20-10-11-3-2-4-13(9-11)19-14(17-18-15(19)21)12-5-7-16-8-6-12/h2-9H,10H2,1H3,(H,18,21). The molecule has 21 heavy (non-hydrogen) atoms. The second-order valence-electron chi connectivity index (χ2n) is 4.53. The van der Waals surface area contributed by atoms with Gasteiger partial charge in [0.2, 0.25) is 0 Å². The van der Waals surface area contributed by atoms with E-state index in [1.54, 1.807) is 19.5 Å². The number of hydrogen-bond donors (Lipinski definition) is 1. The molecule has 106 valence electrons. The van der Waals surface area contributed by atoms with E-state index < -0.39 is 0 Å². The van der Waals surface area contributed by atoms with Gasteiger partial charge >= 0.3 is 0 Å². The van der Waals surface area contributed by atoms with Gasteiger partial charge in [0.1, 0.15) is 0 Å². The van der Waals surface area contributed by atoms with Crippen molar-refractivity contribution in [1.82, 2.24) is 19.7 Å². The highest BCUT2D eigenvalue weighted by atomic mass is 32.1. The SMILES string of the molecule is COCc1cccc(-n2c(-c3ccncc3)n[nH]c2=S)c1. The van der Waals surface area contributed by atoms with Crippen LogP contribution in [0.5, 0.6) is 0 Å². The van der Waals surface area contributed by atoms with Crippen LogP contribution in [-0.4, -0.2) is 26.9 Å². The molecule has 0 saturated heterocycles. The largest absolute Gasteiger partial charge is 0.380 e. The average molecular weight is 298 g/mol. The number of methoxy groups -OCH3 is 1. The number of benzene rings is 1. The van der Waals surface area contributed by atoms with Gasteiger partial charge in [0.15, 0.2) is 10.6 Å². The van der Waals surface area contributed by atoms with Crippen LogP contribution in [0, 0.1) is 4.77 Å². The fraction of sp³-hybridized carbons (Fsp3) is 0.133. The van der Waals surface area contributed by atoms with Gasteiger partial charge in [-0.05, 0) is 42.0 Å². The van der Waals surface area contributed by atoms with Crippen molar-refractivity contribution in [2.75, 3.05) is 7.11 Å². The average Bonchev–Trinajstić information content (AvgIpc) is 2.90. The highest BCUT2D eigenvalue weighted by Gasteiger charge is 2.10. The summed E-state index contributed by atoms with van der Waals surface area (Å²) >= 11 is 5.36. The summed E-state index contributed by atoms with van der Waals surface area (Å²) in [7, 11) is 1.68. The normalized spacial score (nSPS) is 10.7. The summed E-state index contributed by atoms with van der Waals surface area (Å²) in [5.74, 6) is 0.761. The maximum Gasteiger partial charge on any atom is 0.200 e. The third kappa shape index (κ3) is 2.76. The van der Waals surface area contributed by atoms with Crippen molar-refractivity contribution in [2.24, 2.45) is 0 Å². The van der Waals surface area contributed by atoms with E-state index in [0.29, 0.717) is 11.4 Å². The second-order valence-corrected chi connectivity index (χ2v) is 4.91. The molecule has 0 amide bonds.